The molecule has 0 spiro atoms. The van der Waals surface area contributed by atoms with E-state index in [0.717, 1.165) is 55.6 Å². The molecule has 7 nitrogen and oxygen atoms in total. The van der Waals surface area contributed by atoms with Crippen LogP contribution >= 0.6 is 46.7 Å². The van der Waals surface area contributed by atoms with E-state index < -0.39 is 22.3 Å². The van der Waals surface area contributed by atoms with Crippen molar-refractivity contribution in [1.82, 2.24) is 14.7 Å². The third-order valence-corrected chi connectivity index (χ3v) is 9.37. The zero-order valence-corrected chi connectivity index (χ0v) is 24.0. The fourth-order valence-electron chi connectivity index (χ4n) is 4.80. The van der Waals surface area contributed by atoms with Gasteiger partial charge in [-0.1, -0.05) is 78.9 Å². The molecule has 3 fully saturated rings. The van der Waals surface area contributed by atoms with Crippen molar-refractivity contribution < 1.29 is 19.2 Å². The number of carbonyl (C=O) groups excluding carboxylic acids is 4. The second kappa shape index (κ2) is 12.3. The molecule has 3 aliphatic rings. The highest BCUT2D eigenvalue weighted by Gasteiger charge is 2.41. The second-order valence-electron chi connectivity index (χ2n) is 9.43. The minimum absolute atomic E-state index is 0.0134. The Bertz CT molecular complexity index is 1290. The molecule has 0 bridgehead atoms. The number of hydrogen-bond donors (Lipinski definition) is 0. The average molecular weight is 603 g/mol. The molecule has 202 valence electrons. The third kappa shape index (κ3) is 6.28. The number of thioether (sulfide) groups is 2. The van der Waals surface area contributed by atoms with Crippen LogP contribution in [0, 0.1) is 0 Å². The van der Waals surface area contributed by atoms with Crippen LogP contribution in [-0.4, -0.2) is 56.4 Å². The van der Waals surface area contributed by atoms with Gasteiger partial charge in [-0.3, -0.25) is 33.9 Å². The fraction of sp³-hybridized carbons (Fsp3) is 0.286. The maximum absolute atomic E-state index is 13.3. The van der Waals surface area contributed by atoms with Gasteiger partial charge in [-0.05, 0) is 71.8 Å². The Kier molecular flexibility index (Phi) is 8.83. The summed E-state index contributed by atoms with van der Waals surface area (Å²) in [7, 11) is 0. The van der Waals surface area contributed by atoms with Gasteiger partial charge in [0.05, 0.1) is 23.1 Å². The molecule has 1 aliphatic carbocycles. The highest BCUT2D eigenvalue weighted by molar-refractivity contribution is 8.18. The van der Waals surface area contributed by atoms with Gasteiger partial charge in [0.25, 0.3) is 22.3 Å². The smallest absolute Gasteiger partial charge is 0.268 e. The molecule has 2 aromatic rings. The molecule has 5 rings (SSSR count). The van der Waals surface area contributed by atoms with E-state index in [1.807, 2.05) is 17.0 Å². The summed E-state index contributed by atoms with van der Waals surface area (Å²) in [5, 5.41) is 0.174. The average Bonchev–Trinajstić information content (AvgIpc) is 3.35. The molecule has 11 heteroatoms. The molecule has 39 heavy (non-hydrogen) atoms. The fourth-order valence-corrected chi connectivity index (χ4v) is 6.82. The lowest BCUT2D eigenvalue weighted by Crippen LogP contribution is -2.51. The summed E-state index contributed by atoms with van der Waals surface area (Å²) in [6.45, 7) is -0.0268. The Hall–Kier alpha value is -2.56. The summed E-state index contributed by atoms with van der Waals surface area (Å²) in [6, 6.07) is 14.2. The first-order valence-corrected chi connectivity index (χ1v) is 14.9. The van der Waals surface area contributed by atoms with Crippen molar-refractivity contribution in [2.24, 2.45) is 0 Å². The summed E-state index contributed by atoms with van der Waals surface area (Å²) in [5.74, 6) is -0.836. The van der Waals surface area contributed by atoms with E-state index in [-0.39, 0.29) is 29.2 Å². The van der Waals surface area contributed by atoms with Crippen LogP contribution in [0.1, 0.15) is 43.2 Å². The summed E-state index contributed by atoms with van der Waals surface area (Å²) in [4.78, 5) is 57.3. The number of nitrogens with zero attached hydrogens (tertiary/aromatic N) is 3. The number of carbonyl (C=O) groups is 4. The molecule has 0 radical (unpaired) electrons. The van der Waals surface area contributed by atoms with Crippen molar-refractivity contribution in [2.45, 2.75) is 38.1 Å². The molecule has 0 unspecified atom stereocenters. The number of hydrogen-bond acceptors (Lipinski definition) is 7. The molecule has 1 saturated carbocycles. The maximum atomic E-state index is 13.3. The number of benzene rings is 2. The van der Waals surface area contributed by atoms with Crippen LogP contribution in [0.3, 0.4) is 0 Å². The Morgan fingerprint density at radius 2 is 1.15 bits per heavy atom. The van der Waals surface area contributed by atoms with Gasteiger partial charge in [-0.25, -0.2) is 0 Å². The predicted molar refractivity (Wildman–Crippen MR) is 157 cm³/mol. The Morgan fingerprint density at radius 3 is 1.59 bits per heavy atom. The van der Waals surface area contributed by atoms with Crippen molar-refractivity contribution in [3.8, 4) is 0 Å². The summed E-state index contributed by atoms with van der Waals surface area (Å²) < 4.78 is 0. The van der Waals surface area contributed by atoms with Crippen LogP contribution in [0.4, 0.5) is 9.59 Å². The van der Waals surface area contributed by atoms with Crippen molar-refractivity contribution in [3.05, 3.63) is 79.5 Å². The third-order valence-electron chi connectivity index (χ3n) is 6.87. The van der Waals surface area contributed by atoms with Gasteiger partial charge < -0.3 is 0 Å². The predicted octanol–water partition coefficient (Wildman–Crippen LogP) is 7.32. The quantitative estimate of drug-likeness (QED) is 0.308. The Balaban J connectivity index is 1.36. The normalized spacial score (nSPS) is 20.9. The summed E-state index contributed by atoms with van der Waals surface area (Å²) >= 11 is 14.2. The largest absolute Gasteiger partial charge is 0.294 e. The zero-order chi connectivity index (χ0) is 27.5. The molecule has 2 saturated heterocycles. The van der Waals surface area contributed by atoms with E-state index in [4.69, 9.17) is 23.2 Å². The van der Waals surface area contributed by atoms with Crippen molar-refractivity contribution in [3.63, 3.8) is 0 Å². The Morgan fingerprint density at radius 1 is 0.718 bits per heavy atom. The highest BCUT2D eigenvalue weighted by atomic mass is 35.5. The van der Waals surface area contributed by atoms with Gasteiger partial charge >= 0.3 is 0 Å². The molecular weight excluding hydrogens is 577 g/mol. The number of imide groups is 2. The lowest BCUT2D eigenvalue weighted by Gasteiger charge is -2.37. The SMILES string of the molecule is O=C1S/C(=C/c2ccccc2Cl)C(=O)N1CN(CN1C(=O)S/C(=C/c2ccccc2Cl)C1=O)C1CCCCC1. The van der Waals surface area contributed by atoms with Crippen molar-refractivity contribution in [1.29, 1.82) is 0 Å². The van der Waals surface area contributed by atoms with Gasteiger partial charge in [0.15, 0.2) is 0 Å². The van der Waals surface area contributed by atoms with E-state index >= 15 is 0 Å². The number of amides is 4. The maximum Gasteiger partial charge on any atom is 0.294 e. The first kappa shape index (κ1) is 28.0. The van der Waals surface area contributed by atoms with Crippen LogP contribution in [0.25, 0.3) is 12.2 Å². The molecule has 2 heterocycles. The lowest BCUT2D eigenvalue weighted by molar-refractivity contribution is -0.127. The molecule has 0 aromatic heterocycles. The van der Waals surface area contributed by atoms with E-state index in [9.17, 15) is 19.2 Å². The van der Waals surface area contributed by atoms with Crippen LogP contribution in [0.15, 0.2) is 58.3 Å². The van der Waals surface area contributed by atoms with E-state index in [1.165, 1.54) is 9.80 Å². The Labute approximate surface area is 245 Å². The first-order valence-electron chi connectivity index (χ1n) is 12.6. The zero-order valence-electron chi connectivity index (χ0n) is 20.8. The van der Waals surface area contributed by atoms with Gasteiger partial charge in [-0.2, -0.15) is 0 Å². The van der Waals surface area contributed by atoms with Gasteiger partial charge in [0.2, 0.25) is 0 Å². The van der Waals surface area contributed by atoms with Crippen molar-refractivity contribution >= 4 is 81.2 Å². The first-order chi connectivity index (χ1) is 18.8. The standard InChI is InChI=1S/C28H25Cl2N3O4S2/c29-21-12-6-4-8-18(21)14-23-25(34)32(27(36)38-23)16-31(20-10-2-1-3-11-20)17-33-26(35)24(39-28(33)37)15-19-9-5-7-13-22(19)30/h4-9,12-15,20H,1-3,10-11,16-17H2/b23-14+,24-15+. The minimum atomic E-state index is -0.418. The molecule has 0 N–H and O–H groups in total. The van der Waals surface area contributed by atoms with Gasteiger partial charge in [0.1, 0.15) is 0 Å². The minimum Gasteiger partial charge on any atom is -0.268 e. The van der Waals surface area contributed by atoms with Gasteiger partial charge in [0, 0.05) is 16.1 Å². The van der Waals surface area contributed by atoms with E-state index in [1.54, 1.807) is 48.6 Å². The highest BCUT2D eigenvalue weighted by Crippen LogP contribution is 2.37. The molecular formula is C28H25Cl2N3O4S2. The molecule has 2 aromatic carbocycles. The lowest BCUT2D eigenvalue weighted by atomic mass is 9.94. The van der Waals surface area contributed by atoms with Crippen LogP contribution < -0.4 is 0 Å². The van der Waals surface area contributed by atoms with Crippen LogP contribution in [-0.2, 0) is 9.59 Å². The van der Waals surface area contributed by atoms with E-state index in [0.29, 0.717) is 21.2 Å². The topological polar surface area (TPSA) is 78.0 Å². The second-order valence-corrected chi connectivity index (χ2v) is 12.2. The van der Waals surface area contributed by atoms with Crippen LogP contribution in [0.5, 0.6) is 0 Å². The van der Waals surface area contributed by atoms with Crippen LogP contribution in [0.2, 0.25) is 10.0 Å². The van der Waals surface area contributed by atoms with Crippen molar-refractivity contribution in [2.75, 3.05) is 13.3 Å². The van der Waals surface area contributed by atoms with E-state index in [2.05, 4.69) is 0 Å². The summed E-state index contributed by atoms with van der Waals surface area (Å²) in [5.41, 5.74) is 1.30. The number of rotatable bonds is 7. The molecule has 2 aliphatic heterocycles. The molecule has 4 amide bonds. The summed E-state index contributed by atoms with van der Waals surface area (Å²) in [6.07, 6.45) is 8.07. The van der Waals surface area contributed by atoms with Gasteiger partial charge in [-0.15, -0.1) is 0 Å². The number of halogens is 2. The monoisotopic (exact) mass is 601 g/mol. The molecule has 0 atom stereocenters.